The summed E-state index contributed by atoms with van der Waals surface area (Å²) in [4.78, 5) is 22.5. The molecule has 0 unspecified atom stereocenters. The van der Waals surface area contributed by atoms with Crippen molar-refractivity contribution in [2.45, 2.75) is 26.7 Å². The minimum absolute atomic E-state index is 0.00725. The number of carboxylic acid groups (broad SMARTS) is 1. The van der Waals surface area contributed by atoms with Crippen LogP contribution in [-0.2, 0) is 25.4 Å². The maximum absolute atomic E-state index is 11.7. The number of aliphatic carboxylic acids is 1. The number of carboxylic acids is 1. The van der Waals surface area contributed by atoms with Crippen LogP contribution in [0.4, 0.5) is 0 Å². The summed E-state index contributed by atoms with van der Waals surface area (Å²) in [5.41, 5.74) is 0.943. The number of Topliss-reactive ketones (excluding diaryl/α,β-unsaturated/α-hetero) is 1. The van der Waals surface area contributed by atoms with E-state index in [1.54, 1.807) is 24.3 Å². The molecule has 0 saturated heterocycles. The number of rotatable bonds is 20. The first-order valence-corrected chi connectivity index (χ1v) is 13.6. The maximum Gasteiger partial charge on any atom is 0.341 e. The molecule has 0 fully saturated rings. The van der Waals surface area contributed by atoms with Gasteiger partial charge in [0, 0.05) is 16.3 Å². The Morgan fingerprint density at radius 3 is 1.68 bits per heavy atom. The smallest absolute Gasteiger partial charge is 0.341 e. The van der Waals surface area contributed by atoms with Crippen LogP contribution in [0.3, 0.4) is 0 Å². The molecular formula is C31H38O10. The number of hydrogen-bond donors (Lipinski definition) is 2. The van der Waals surface area contributed by atoms with E-state index in [1.165, 1.54) is 6.92 Å². The van der Waals surface area contributed by atoms with Crippen LogP contribution in [0.25, 0.3) is 10.8 Å². The van der Waals surface area contributed by atoms with Crippen molar-refractivity contribution in [1.82, 2.24) is 0 Å². The molecule has 3 rings (SSSR count). The molecule has 2 N–H and O–H groups in total. The second kappa shape index (κ2) is 17.1. The van der Waals surface area contributed by atoms with Gasteiger partial charge in [-0.05, 0) is 37.6 Å². The van der Waals surface area contributed by atoms with E-state index >= 15 is 0 Å². The van der Waals surface area contributed by atoms with E-state index in [1.807, 2.05) is 31.2 Å². The summed E-state index contributed by atoms with van der Waals surface area (Å²) >= 11 is 0. The van der Waals surface area contributed by atoms with Gasteiger partial charge in [-0.3, -0.25) is 4.79 Å². The molecule has 0 bridgehead atoms. The van der Waals surface area contributed by atoms with Crippen LogP contribution in [-0.4, -0.2) is 81.4 Å². The third kappa shape index (κ3) is 9.93. The Morgan fingerprint density at radius 1 is 0.683 bits per heavy atom. The number of ketones is 1. The predicted octanol–water partition coefficient (Wildman–Crippen LogP) is 4.67. The molecule has 222 valence electrons. The number of fused-ring (bicyclic) bond motifs is 1. The number of carbonyl (C=O) groups is 2. The summed E-state index contributed by atoms with van der Waals surface area (Å²) < 4.78 is 33.6. The van der Waals surface area contributed by atoms with E-state index in [4.69, 9.17) is 33.5 Å². The van der Waals surface area contributed by atoms with Gasteiger partial charge in [-0.15, -0.1) is 0 Å². The summed E-state index contributed by atoms with van der Waals surface area (Å²) in [6, 6.07) is 14.2. The number of carbonyl (C=O) groups excluding carboxylic acids is 1. The summed E-state index contributed by atoms with van der Waals surface area (Å²) in [5.74, 6) is 0.484. The summed E-state index contributed by atoms with van der Waals surface area (Å²) in [7, 11) is 0. The lowest BCUT2D eigenvalue weighted by Gasteiger charge is -2.14. The second-order valence-corrected chi connectivity index (χ2v) is 9.07. The highest BCUT2D eigenvalue weighted by atomic mass is 16.6. The molecule has 0 saturated carbocycles. The normalized spacial score (nSPS) is 11.0. The quantitative estimate of drug-likeness (QED) is 0.146. The lowest BCUT2D eigenvalue weighted by molar-refractivity contribution is -0.139. The van der Waals surface area contributed by atoms with Crippen molar-refractivity contribution in [3.63, 3.8) is 0 Å². The molecular weight excluding hydrogens is 532 g/mol. The average Bonchev–Trinajstić information content (AvgIpc) is 2.96. The van der Waals surface area contributed by atoms with Crippen molar-refractivity contribution < 1.29 is 48.2 Å². The van der Waals surface area contributed by atoms with Crippen LogP contribution < -0.4 is 14.2 Å². The van der Waals surface area contributed by atoms with Gasteiger partial charge < -0.3 is 38.6 Å². The molecule has 0 aliphatic heterocycles. The number of hydrogen-bond acceptors (Lipinski definition) is 9. The lowest BCUT2D eigenvalue weighted by Crippen LogP contribution is -2.14. The van der Waals surface area contributed by atoms with Gasteiger partial charge in [0.05, 0.1) is 45.2 Å². The highest BCUT2D eigenvalue weighted by Crippen LogP contribution is 2.34. The van der Waals surface area contributed by atoms with E-state index in [2.05, 4.69) is 0 Å². The molecule has 0 heterocycles. The molecule has 10 nitrogen and oxygen atoms in total. The van der Waals surface area contributed by atoms with E-state index < -0.39 is 12.6 Å². The van der Waals surface area contributed by atoms with Gasteiger partial charge >= 0.3 is 5.97 Å². The third-order valence-corrected chi connectivity index (χ3v) is 6.03. The molecule has 0 atom stereocenters. The summed E-state index contributed by atoms with van der Waals surface area (Å²) in [6.45, 7) is 6.06. The van der Waals surface area contributed by atoms with Crippen molar-refractivity contribution in [2.75, 3.05) is 59.5 Å². The van der Waals surface area contributed by atoms with Crippen molar-refractivity contribution in [3.8, 4) is 23.0 Å². The summed E-state index contributed by atoms with van der Waals surface area (Å²) in [6.07, 6.45) is 1.43. The highest BCUT2D eigenvalue weighted by Gasteiger charge is 2.16. The van der Waals surface area contributed by atoms with Crippen LogP contribution >= 0.6 is 0 Å². The van der Waals surface area contributed by atoms with Crippen molar-refractivity contribution in [1.29, 1.82) is 0 Å². The Kier molecular flexibility index (Phi) is 13.2. The zero-order valence-electron chi connectivity index (χ0n) is 23.6. The highest BCUT2D eigenvalue weighted by molar-refractivity contribution is 5.97. The molecule has 0 aliphatic rings. The Hall–Kier alpha value is -3.86. The zero-order valence-corrected chi connectivity index (χ0v) is 23.6. The first-order valence-electron chi connectivity index (χ1n) is 13.6. The molecule has 3 aromatic rings. The van der Waals surface area contributed by atoms with Crippen LogP contribution in [0.5, 0.6) is 23.0 Å². The van der Waals surface area contributed by atoms with Crippen LogP contribution in [0.15, 0.2) is 48.5 Å². The Labute approximate surface area is 239 Å². The maximum atomic E-state index is 11.7. The van der Waals surface area contributed by atoms with Crippen LogP contribution in [0, 0.1) is 0 Å². The molecule has 0 aromatic heterocycles. The van der Waals surface area contributed by atoms with E-state index in [0.29, 0.717) is 87.7 Å². The second-order valence-electron chi connectivity index (χ2n) is 9.07. The largest absolute Gasteiger partial charge is 0.507 e. The molecule has 10 heteroatoms. The molecule has 0 radical (unpaired) electrons. The van der Waals surface area contributed by atoms with Gasteiger partial charge in [0.1, 0.15) is 36.2 Å². The third-order valence-electron chi connectivity index (χ3n) is 6.03. The SMILES string of the molecule is CCCc1c(OCCOCCOCCOCCOc2ccc(OCC(=O)O)c3ccccc23)ccc(C(C)=O)c1O. The van der Waals surface area contributed by atoms with Gasteiger partial charge in [0.2, 0.25) is 0 Å². The van der Waals surface area contributed by atoms with Crippen molar-refractivity contribution >= 4 is 22.5 Å². The number of benzene rings is 3. The number of phenolic OH excluding ortho intramolecular Hbond substituents is 1. The number of ether oxygens (including phenoxy) is 6. The van der Waals surface area contributed by atoms with Crippen molar-refractivity contribution in [3.05, 3.63) is 59.7 Å². The monoisotopic (exact) mass is 570 g/mol. The van der Waals surface area contributed by atoms with E-state index in [9.17, 15) is 14.7 Å². The van der Waals surface area contributed by atoms with Crippen LogP contribution in [0.1, 0.15) is 36.2 Å². The zero-order chi connectivity index (χ0) is 29.5. The van der Waals surface area contributed by atoms with Gasteiger partial charge in [0.25, 0.3) is 0 Å². The minimum Gasteiger partial charge on any atom is -0.507 e. The Bertz CT molecular complexity index is 1270. The van der Waals surface area contributed by atoms with Crippen LogP contribution in [0.2, 0.25) is 0 Å². The average molecular weight is 571 g/mol. The molecule has 0 spiro atoms. The van der Waals surface area contributed by atoms with Gasteiger partial charge in [-0.2, -0.15) is 0 Å². The fourth-order valence-electron chi connectivity index (χ4n) is 4.13. The van der Waals surface area contributed by atoms with Crippen molar-refractivity contribution in [2.24, 2.45) is 0 Å². The fraction of sp³-hybridized carbons (Fsp3) is 0.419. The predicted molar refractivity (Wildman–Crippen MR) is 153 cm³/mol. The topological polar surface area (TPSA) is 130 Å². The van der Waals surface area contributed by atoms with Gasteiger partial charge in [-0.1, -0.05) is 37.6 Å². The minimum atomic E-state index is -1.04. The molecule has 0 amide bonds. The van der Waals surface area contributed by atoms with E-state index in [-0.39, 0.29) is 11.5 Å². The fourth-order valence-corrected chi connectivity index (χ4v) is 4.13. The standard InChI is InChI=1S/C31H38O10/c1-3-6-26-29(10-9-23(22(2)32)31(26)35)40-20-18-38-16-14-36-13-15-37-17-19-39-27-11-12-28(41-21-30(33)34)25-8-5-4-7-24(25)27/h4-5,7-12,35H,3,6,13-21H2,1-2H3,(H,33,34). The van der Waals surface area contributed by atoms with Gasteiger partial charge in [-0.25, -0.2) is 4.79 Å². The summed E-state index contributed by atoms with van der Waals surface area (Å²) in [5, 5.41) is 20.9. The Balaban J connectivity index is 1.25. The first-order chi connectivity index (χ1) is 19.9. The van der Waals surface area contributed by atoms with Gasteiger partial charge in [0.15, 0.2) is 12.4 Å². The first kappa shape index (κ1) is 31.7. The number of aromatic hydroxyl groups is 1. The number of phenols is 1. The lowest BCUT2D eigenvalue weighted by atomic mass is 10.0. The molecule has 0 aliphatic carbocycles. The molecule has 3 aromatic carbocycles. The molecule has 41 heavy (non-hydrogen) atoms. The van der Waals surface area contributed by atoms with E-state index in [0.717, 1.165) is 17.2 Å². The Morgan fingerprint density at radius 2 is 1.17 bits per heavy atom.